The van der Waals surface area contributed by atoms with Crippen LogP contribution < -0.4 is 5.56 Å². The number of halogens is 1. The van der Waals surface area contributed by atoms with E-state index in [-0.39, 0.29) is 5.56 Å². The molecule has 3 aromatic rings. The minimum atomic E-state index is -0.133. The fourth-order valence-electron chi connectivity index (χ4n) is 1.65. The summed E-state index contributed by atoms with van der Waals surface area (Å²) in [5, 5.41) is 3.04. The molecule has 17 heavy (non-hydrogen) atoms. The number of hydrogen-bond acceptors (Lipinski definition) is 3. The molecule has 0 unspecified atom stereocenters. The predicted octanol–water partition coefficient (Wildman–Crippen LogP) is 3.31. The maximum Gasteiger partial charge on any atom is 0.259 e. The van der Waals surface area contributed by atoms with E-state index in [2.05, 4.69) is 9.97 Å². The number of aromatic nitrogens is 2. The first-order valence-corrected chi connectivity index (χ1v) is 6.24. The molecule has 1 aromatic carbocycles. The Hall–Kier alpha value is -1.65. The second-order valence-electron chi connectivity index (χ2n) is 3.53. The van der Waals surface area contributed by atoms with Gasteiger partial charge in [-0.05, 0) is 23.6 Å². The highest BCUT2D eigenvalue weighted by atomic mass is 35.5. The molecule has 0 saturated carbocycles. The molecule has 0 aliphatic carbocycles. The van der Waals surface area contributed by atoms with Gasteiger partial charge >= 0.3 is 0 Å². The average molecular weight is 263 g/mol. The van der Waals surface area contributed by atoms with Gasteiger partial charge in [0.1, 0.15) is 10.7 Å². The molecule has 3 nitrogen and oxygen atoms in total. The Morgan fingerprint density at radius 2 is 2.06 bits per heavy atom. The Morgan fingerprint density at radius 1 is 1.24 bits per heavy atom. The number of nitrogens with one attached hydrogen (secondary N) is 1. The molecule has 2 aromatic heterocycles. The molecule has 0 saturated heterocycles. The molecule has 0 bridgehead atoms. The van der Waals surface area contributed by atoms with Crippen molar-refractivity contribution in [3.05, 3.63) is 51.1 Å². The monoisotopic (exact) mass is 262 g/mol. The zero-order valence-electron chi connectivity index (χ0n) is 8.61. The third kappa shape index (κ3) is 1.75. The second-order valence-corrected chi connectivity index (χ2v) is 4.84. The largest absolute Gasteiger partial charge is 0.306 e. The van der Waals surface area contributed by atoms with Gasteiger partial charge in [0.2, 0.25) is 0 Å². The highest BCUT2D eigenvalue weighted by Crippen LogP contribution is 2.25. The topological polar surface area (TPSA) is 45.8 Å². The summed E-state index contributed by atoms with van der Waals surface area (Å²) < 4.78 is 0. The third-order valence-electron chi connectivity index (χ3n) is 2.46. The van der Waals surface area contributed by atoms with Crippen LogP contribution in [0.15, 0.2) is 40.5 Å². The van der Waals surface area contributed by atoms with E-state index < -0.39 is 0 Å². The molecule has 0 aliphatic rings. The van der Waals surface area contributed by atoms with Gasteiger partial charge in [0.15, 0.2) is 0 Å². The van der Waals surface area contributed by atoms with Crippen LogP contribution in [-0.2, 0) is 0 Å². The first-order chi connectivity index (χ1) is 8.25. The fraction of sp³-hybridized carbons (Fsp3) is 0. The Morgan fingerprint density at radius 3 is 2.88 bits per heavy atom. The van der Waals surface area contributed by atoms with Gasteiger partial charge in [-0.25, -0.2) is 4.98 Å². The SMILES string of the molecule is O=c1[nH]c(-c2ccccc2Cl)nc2sccc12. The molecular formula is C12H7ClN2OS. The number of aromatic amines is 1. The van der Waals surface area contributed by atoms with E-state index in [1.165, 1.54) is 11.3 Å². The van der Waals surface area contributed by atoms with E-state index >= 15 is 0 Å². The molecule has 0 atom stereocenters. The standard InChI is InChI=1S/C12H7ClN2OS/c13-9-4-2-1-3-7(9)10-14-11(16)8-5-6-17-12(8)15-10/h1-6H,(H,14,15,16). The lowest BCUT2D eigenvalue weighted by atomic mass is 10.2. The van der Waals surface area contributed by atoms with Crippen LogP contribution in [0.25, 0.3) is 21.6 Å². The lowest BCUT2D eigenvalue weighted by Crippen LogP contribution is -2.08. The average Bonchev–Trinajstić information content (AvgIpc) is 2.78. The normalized spacial score (nSPS) is 10.9. The maximum atomic E-state index is 11.8. The van der Waals surface area contributed by atoms with E-state index in [0.717, 1.165) is 10.4 Å². The minimum Gasteiger partial charge on any atom is -0.306 e. The predicted molar refractivity (Wildman–Crippen MR) is 70.7 cm³/mol. The summed E-state index contributed by atoms with van der Waals surface area (Å²) in [6, 6.07) is 9.07. The van der Waals surface area contributed by atoms with Gasteiger partial charge in [-0.2, -0.15) is 0 Å². The van der Waals surface area contributed by atoms with E-state index in [1.807, 2.05) is 23.6 Å². The van der Waals surface area contributed by atoms with Crippen molar-refractivity contribution < 1.29 is 0 Å². The van der Waals surface area contributed by atoms with Crippen molar-refractivity contribution in [3.8, 4) is 11.4 Å². The van der Waals surface area contributed by atoms with Crippen LogP contribution in [0.2, 0.25) is 5.02 Å². The maximum absolute atomic E-state index is 11.8. The number of benzene rings is 1. The van der Waals surface area contributed by atoms with Gasteiger partial charge in [-0.3, -0.25) is 4.79 Å². The van der Waals surface area contributed by atoms with Crippen molar-refractivity contribution in [2.45, 2.75) is 0 Å². The summed E-state index contributed by atoms with van der Waals surface area (Å²) in [5.41, 5.74) is 0.604. The molecule has 0 amide bonds. The highest BCUT2D eigenvalue weighted by Gasteiger charge is 2.08. The summed E-state index contributed by atoms with van der Waals surface area (Å²) in [5.74, 6) is 0.510. The van der Waals surface area contributed by atoms with Crippen molar-refractivity contribution in [1.82, 2.24) is 9.97 Å². The van der Waals surface area contributed by atoms with Gasteiger partial charge in [-0.15, -0.1) is 11.3 Å². The van der Waals surface area contributed by atoms with Crippen molar-refractivity contribution in [2.24, 2.45) is 0 Å². The molecule has 3 rings (SSSR count). The first kappa shape index (κ1) is 10.5. The van der Waals surface area contributed by atoms with Crippen LogP contribution in [0.1, 0.15) is 0 Å². The Balaban J connectivity index is 2.32. The summed E-state index contributed by atoms with van der Waals surface area (Å²) in [7, 11) is 0. The van der Waals surface area contributed by atoms with Crippen LogP contribution in [0.3, 0.4) is 0 Å². The Kier molecular flexibility index (Phi) is 2.46. The number of H-pyrrole nitrogens is 1. The molecule has 0 radical (unpaired) electrons. The number of rotatable bonds is 1. The van der Waals surface area contributed by atoms with Crippen molar-refractivity contribution >= 4 is 33.2 Å². The number of thiophene rings is 1. The minimum absolute atomic E-state index is 0.133. The smallest absolute Gasteiger partial charge is 0.259 e. The number of nitrogens with zero attached hydrogens (tertiary/aromatic N) is 1. The van der Waals surface area contributed by atoms with Gasteiger partial charge < -0.3 is 4.98 Å². The van der Waals surface area contributed by atoms with Crippen LogP contribution in [-0.4, -0.2) is 9.97 Å². The van der Waals surface area contributed by atoms with Crippen LogP contribution in [0.5, 0.6) is 0 Å². The number of hydrogen-bond donors (Lipinski definition) is 1. The molecule has 84 valence electrons. The molecule has 2 heterocycles. The highest BCUT2D eigenvalue weighted by molar-refractivity contribution is 7.16. The van der Waals surface area contributed by atoms with E-state index in [9.17, 15) is 4.79 Å². The molecule has 0 spiro atoms. The van der Waals surface area contributed by atoms with Crippen LogP contribution in [0, 0.1) is 0 Å². The van der Waals surface area contributed by atoms with Gasteiger partial charge in [0.25, 0.3) is 5.56 Å². The lowest BCUT2D eigenvalue weighted by Gasteiger charge is -2.02. The van der Waals surface area contributed by atoms with Gasteiger partial charge in [0, 0.05) is 5.56 Å². The third-order valence-corrected chi connectivity index (χ3v) is 3.60. The summed E-state index contributed by atoms with van der Waals surface area (Å²) >= 11 is 7.52. The lowest BCUT2D eigenvalue weighted by molar-refractivity contribution is 1.19. The summed E-state index contributed by atoms with van der Waals surface area (Å²) in [6.07, 6.45) is 0. The van der Waals surface area contributed by atoms with E-state index in [0.29, 0.717) is 16.2 Å². The fourth-order valence-corrected chi connectivity index (χ4v) is 2.64. The Labute approximate surface area is 106 Å². The van der Waals surface area contributed by atoms with Gasteiger partial charge in [0.05, 0.1) is 10.4 Å². The quantitative estimate of drug-likeness (QED) is 0.731. The van der Waals surface area contributed by atoms with Gasteiger partial charge in [-0.1, -0.05) is 23.7 Å². The van der Waals surface area contributed by atoms with E-state index in [1.54, 1.807) is 12.1 Å². The molecule has 5 heteroatoms. The molecule has 0 aliphatic heterocycles. The summed E-state index contributed by atoms with van der Waals surface area (Å²) in [4.78, 5) is 19.7. The molecular weight excluding hydrogens is 256 g/mol. The van der Waals surface area contributed by atoms with Crippen molar-refractivity contribution in [3.63, 3.8) is 0 Å². The van der Waals surface area contributed by atoms with Crippen molar-refractivity contribution in [1.29, 1.82) is 0 Å². The number of fused-ring (bicyclic) bond motifs is 1. The van der Waals surface area contributed by atoms with Crippen molar-refractivity contribution in [2.75, 3.05) is 0 Å². The molecule has 1 N–H and O–H groups in total. The molecule has 0 fully saturated rings. The zero-order chi connectivity index (χ0) is 11.8. The second kappa shape index (κ2) is 3.98. The summed E-state index contributed by atoms with van der Waals surface area (Å²) in [6.45, 7) is 0. The first-order valence-electron chi connectivity index (χ1n) is 4.98. The Bertz CT molecular complexity index is 747. The van der Waals surface area contributed by atoms with Crippen LogP contribution >= 0.6 is 22.9 Å². The van der Waals surface area contributed by atoms with Crippen LogP contribution in [0.4, 0.5) is 0 Å². The zero-order valence-corrected chi connectivity index (χ0v) is 10.2. The van der Waals surface area contributed by atoms with E-state index in [4.69, 9.17) is 11.6 Å².